The first-order valence-electron chi connectivity index (χ1n) is 5.68. The summed E-state index contributed by atoms with van der Waals surface area (Å²) in [6.45, 7) is 0. The van der Waals surface area contributed by atoms with E-state index in [-0.39, 0.29) is 22.2 Å². The van der Waals surface area contributed by atoms with Gasteiger partial charge in [-0.25, -0.2) is 0 Å². The summed E-state index contributed by atoms with van der Waals surface area (Å²) in [5, 5.41) is 22.3. The molecular weight excluding hydrogens is 270 g/mol. The summed E-state index contributed by atoms with van der Waals surface area (Å²) in [7, 11) is 0. The monoisotopic (exact) mass is 279 g/mol. The molecule has 1 N–H and O–H groups in total. The topological polar surface area (TPSA) is 96.0 Å². The molecule has 0 aromatic heterocycles. The molecule has 1 fully saturated rings. The third-order valence-corrected chi connectivity index (χ3v) is 3.25. The van der Waals surface area contributed by atoms with Crippen molar-refractivity contribution in [3.8, 4) is 6.07 Å². The molecule has 1 unspecified atom stereocenters. The Morgan fingerprint density at radius 3 is 2.79 bits per heavy atom. The third kappa shape index (κ3) is 2.83. The minimum Gasteiger partial charge on any atom is -0.336 e. The highest BCUT2D eigenvalue weighted by Gasteiger charge is 2.34. The van der Waals surface area contributed by atoms with Gasteiger partial charge in [0.05, 0.1) is 16.0 Å². The molecule has 6 nitrogen and oxygen atoms in total. The lowest BCUT2D eigenvalue weighted by molar-refractivity contribution is -0.385. The van der Waals surface area contributed by atoms with Gasteiger partial charge in [0.2, 0.25) is 0 Å². The third-order valence-electron chi connectivity index (χ3n) is 2.93. The van der Waals surface area contributed by atoms with E-state index < -0.39 is 16.9 Å². The van der Waals surface area contributed by atoms with Crippen LogP contribution in [0.2, 0.25) is 5.02 Å². The van der Waals surface area contributed by atoms with Crippen LogP contribution in [0.3, 0.4) is 0 Å². The Morgan fingerprint density at radius 2 is 2.26 bits per heavy atom. The molecule has 1 aromatic rings. The van der Waals surface area contributed by atoms with E-state index in [4.69, 9.17) is 16.9 Å². The van der Waals surface area contributed by atoms with E-state index >= 15 is 0 Å². The molecule has 0 radical (unpaired) electrons. The van der Waals surface area contributed by atoms with Gasteiger partial charge in [-0.1, -0.05) is 17.7 Å². The number of carbonyl (C=O) groups excluding carboxylic acids is 1. The first-order chi connectivity index (χ1) is 9.04. The zero-order valence-electron chi connectivity index (χ0n) is 9.80. The molecule has 7 heteroatoms. The molecule has 98 valence electrons. The second-order valence-corrected chi connectivity index (χ2v) is 4.72. The smallest absolute Gasteiger partial charge is 0.283 e. The molecule has 0 spiro atoms. The fourth-order valence-electron chi connectivity index (χ4n) is 1.79. The van der Waals surface area contributed by atoms with Gasteiger partial charge in [0.25, 0.3) is 11.6 Å². The van der Waals surface area contributed by atoms with E-state index in [1.807, 2.05) is 6.07 Å². The zero-order valence-corrected chi connectivity index (χ0v) is 10.6. The van der Waals surface area contributed by atoms with Crippen LogP contribution in [0, 0.1) is 27.4 Å². The first kappa shape index (κ1) is 13.3. The number of nitro benzene ring substituents is 1. The van der Waals surface area contributed by atoms with Crippen molar-refractivity contribution in [2.75, 3.05) is 0 Å². The highest BCUT2D eigenvalue weighted by molar-refractivity contribution is 6.34. The fourth-order valence-corrected chi connectivity index (χ4v) is 2.04. The van der Waals surface area contributed by atoms with Crippen LogP contribution in [0.4, 0.5) is 5.69 Å². The summed E-state index contributed by atoms with van der Waals surface area (Å²) in [4.78, 5) is 22.3. The second kappa shape index (κ2) is 5.24. The number of benzene rings is 1. The summed E-state index contributed by atoms with van der Waals surface area (Å²) in [5.41, 5.74) is -0.562. The summed E-state index contributed by atoms with van der Waals surface area (Å²) >= 11 is 5.84. The fraction of sp³-hybridized carbons (Fsp3) is 0.333. The average molecular weight is 280 g/mol. The van der Waals surface area contributed by atoms with Crippen molar-refractivity contribution in [3.05, 3.63) is 38.9 Å². The number of carbonyl (C=O) groups is 1. The lowest BCUT2D eigenvalue weighted by Crippen LogP contribution is -2.35. The molecule has 0 saturated heterocycles. The average Bonchev–Trinajstić information content (AvgIpc) is 3.19. The molecule has 0 heterocycles. The van der Waals surface area contributed by atoms with E-state index in [9.17, 15) is 14.9 Å². The number of nitrogens with one attached hydrogen (secondary N) is 1. The molecule has 1 saturated carbocycles. The molecule has 19 heavy (non-hydrogen) atoms. The largest absolute Gasteiger partial charge is 0.336 e. The molecule has 2 rings (SSSR count). The SMILES string of the molecule is N#CC(NC(=O)c1c(Cl)cccc1[N+](=O)[O-])C1CC1. The van der Waals surface area contributed by atoms with E-state index in [2.05, 4.69) is 5.32 Å². The number of amides is 1. The van der Waals surface area contributed by atoms with Gasteiger partial charge in [0.15, 0.2) is 0 Å². The molecule has 1 aliphatic carbocycles. The number of rotatable bonds is 4. The summed E-state index contributed by atoms with van der Waals surface area (Å²) < 4.78 is 0. The van der Waals surface area contributed by atoms with Gasteiger partial charge in [-0.15, -0.1) is 0 Å². The molecular formula is C12H10ClN3O3. The lowest BCUT2D eigenvalue weighted by Gasteiger charge is -2.11. The number of nitriles is 1. The van der Waals surface area contributed by atoms with Gasteiger partial charge in [0, 0.05) is 6.07 Å². The summed E-state index contributed by atoms with van der Waals surface area (Å²) in [5.74, 6) is -0.550. The highest BCUT2D eigenvalue weighted by atomic mass is 35.5. The van der Waals surface area contributed by atoms with Gasteiger partial charge < -0.3 is 5.32 Å². The Labute approximate surface area is 114 Å². The van der Waals surface area contributed by atoms with Gasteiger partial charge >= 0.3 is 0 Å². The van der Waals surface area contributed by atoms with E-state index in [1.54, 1.807) is 0 Å². The van der Waals surface area contributed by atoms with Gasteiger partial charge in [-0.3, -0.25) is 14.9 Å². The van der Waals surface area contributed by atoms with Crippen molar-refractivity contribution in [1.29, 1.82) is 5.26 Å². The number of halogens is 1. The maximum atomic E-state index is 12.0. The Hall–Kier alpha value is -2.13. The number of nitro groups is 1. The minimum absolute atomic E-state index is 0.000753. The Morgan fingerprint density at radius 1 is 1.58 bits per heavy atom. The van der Waals surface area contributed by atoms with Gasteiger partial charge in [-0.2, -0.15) is 5.26 Å². The normalized spacial score (nSPS) is 15.4. The standard InChI is InChI=1S/C12H10ClN3O3/c13-8-2-1-3-10(16(18)19)11(8)12(17)15-9(6-14)7-4-5-7/h1-3,7,9H,4-5H2,(H,15,17). The van der Waals surface area contributed by atoms with Crippen molar-refractivity contribution in [2.45, 2.75) is 18.9 Å². The molecule has 1 aromatic carbocycles. The van der Waals surface area contributed by atoms with Crippen LogP contribution in [0.5, 0.6) is 0 Å². The Bertz CT molecular complexity index is 578. The molecule has 0 aliphatic heterocycles. The lowest BCUT2D eigenvalue weighted by atomic mass is 10.1. The molecule has 1 amide bonds. The number of hydrogen-bond donors (Lipinski definition) is 1. The van der Waals surface area contributed by atoms with E-state index in [0.717, 1.165) is 12.8 Å². The predicted octanol–water partition coefficient (Wildman–Crippen LogP) is 2.28. The van der Waals surface area contributed by atoms with Crippen molar-refractivity contribution in [2.24, 2.45) is 5.92 Å². The van der Waals surface area contributed by atoms with Crippen molar-refractivity contribution in [1.82, 2.24) is 5.32 Å². The van der Waals surface area contributed by atoms with Crippen molar-refractivity contribution in [3.63, 3.8) is 0 Å². The van der Waals surface area contributed by atoms with Gasteiger partial charge in [0.1, 0.15) is 11.6 Å². The van der Waals surface area contributed by atoms with Crippen LogP contribution in [0.1, 0.15) is 23.2 Å². The summed E-state index contributed by atoms with van der Waals surface area (Å²) in [6.07, 6.45) is 1.76. The second-order valence-electron chi connectivity index (χ2n) is 4.31. The summed E-state index contributed by atoms with van der Waals surface area (Å²) in [6, 6.07) is 5.38. The van der Waals surface area contributed by atoms with Crippen LogP contribution in [-0.4, -0.2) is 16.9 Å². The van der Waals surface area contributed by atoms with Crippen molar-refractivity contribution >= 4 is 23.2 Å². The van der Waals surface area contributed by atoms with E-state index in [1.165, 1.54) is 18.2 Å². The van der Waals surface area contributed by atoms with Gasteiger partial charge in [-0.05, 0) is 24.8 Å². The van der Waals surface area contributed by atoms with E-state index in [0.29, 0.717) is 0 Å². The van der Waals surface area contributed by atoms with Crippen LogP contribution < -0.4 is 5.32 Å². The van der Waals surface area contributed by atoms with Crippen LogP contribution in [-0.2, 0) is 0 Å². The van der Waals surface area contributed by atoms with Crippen LogP contribution >= 0.6 is 11.6 Å². The Kier molecular flexibility index (Phi) is 3.67. The van der Waals surface area contributed by atoms with Crippen LogP contribution in [0.25, 0.3) is 0 Å². The molecule has 1 atom stereocenters. The van der Waals surface area contributed by atoms with Crippen LogP contribution in [0.15, 0.2) is 18.2 Å². The quantitative estimate of drug-likeness (QED) is 0.675. The maximum Gasteiger partial charge on any atom is 0.283 e. The number of nitrogens with zero attached hydrogens (tertiary/aromatic N) is 2. The first-order valence-corrected chi connectivity index (χ1v) is 6.05. The maximum absolute atomic E-state index is 12.0. The number of hydrogen-bond acceptors (Lipinski definition) is 4. The minimum atomic E-state index is -0.684. The molecule has 1 aliphatic rings. The molecule has 0 bridgehead atoms. The highest BCUT2D eigenvalue weighted by Crippen LogP contribution is 2.33. The predicted molar refractivity (Wildman–Crippen MR) is 67.7 cm³/mol. The van der Waals surface area contributed by atoms with Crippen molar-refractivity contribution < 1.29 is 9.72 Å². The zero-order chi connectivity index (χ0) is 14.0. The Balaban J connectivity index is 2.28.